The Kier molecular flexibility index (Phi) is 6.52. The van der Waals surface area contributed by atoms with Crippen LogP contribution < -0.4 is 10.1 Å². The van der Waals surface area contributed by atoms with Crippen molar-refractivity contribution in [1.82, 2.24) is 10.2 Å². The Balaban J connectivity index is 1.91. The average molecular weight is 355 g/mol. The molecule has 1 unspecified atom stereocenters. The lowest BCUT2D eigenvalue weighted by Gasteiger charge is -2.23. The zero-order valence-electron chi connectivity index (χ0n) is 13.4. The fourth-order valence-electron chi connectivity index (χ4n) is 2.97. The minimum atomic E-state index is 0.204. The molecule has 1 N–H and O–H groups in total. The molecule has 1 heterocycles. The van der Waals surface area contributed by atoms with E-state index in [1.54, 1.807) is 0 Å². The summed E-state index contributed by atoms with van der Waals surface area (Å²) in [7, 11) is 0. The van der Waals surface area contributed by atoms with Gasteiger partial charge in [-0.15, -0.1) is 0 Å². The maximum absolute atomic E-state index is 5.89. The smallest absolute Gasteiger partial charge is 0.124 e. The fraction of sp³-hybridized carbons (Fsp3) is 0.647. The summed E-state index contributed by atoms with van der Waals surface area (Å²) in [6, 6.07) is 6.93. The minimum absolute atomic E-state index is 0.204. The monoisotopic (exact) mass is 354 g/mol. The van der Waals surface area contributed by atoms with Crippen LogP contribution in [0.15, 0.2) is 22.7 Å². The third kappa shape index (κ3) is 4.97. The van der Waals surface area contributed by atoms with Gasteiger partial charge in [0.25, 0.3) is 0 Å². The van der Waals surface area contributed by atoms with Crippen LogP contribution in [0.25, 0.3) is 0 Å². The molecule has 0 spiro atoms. The van der Waals surface area contributed by atoms with E-state index in [-0.39, 0.29) is 6.10 Å². The molecule has 1 aromatic carbocycles. The number of ether oxygens (including phenoxy) is 1. The second-order valence-corrected chi connectivity index (χ2v) is 6.89. The van der Waals surface area contributed by atoms with Gasteiger partial charge in [0.1, 0.15) is 5.75 Å². The lowest BCUT2D eigenvalue weighted by Crippen LogP contribution is -2.37. The molecular formula is C17H27BrN2O. The Bertz CT molecular complexity index is 450. The zero-order chi connectivity index (χ0) is 15.2. The second-order valence-electron chi connectivity index (χ2n) is 5.97. The molecule has 0 aromatic heterocycles. The number of nitrogens with zero attached hydrogens (tertiary/aromatic N) is 1. The molecule has 4 heteroatoms. The lowest BCUT2D eigenvalue weighted by atomic mass is 10.1. The normalized spacial score (nSPS) is 19.4. The van der Waals surface area contributed by atoms with Crippen molar-refractivity contribution in [3.63, 3.8) is 0 Å². The topological polar surface area (TPSA) is 24.5 Å². The van der Waals surface area contributed by atoms with Crippen LogP contribution in [0.1, 0.15) is 39.2 Å². The van der Waals surface area contributed by atoms with Gasteiger partial charge < -0.3 is 10.1 Å². The third-order valence-electron chi connectivity index (χ3n) is 3.99. The fourth-order valence-corrected chi connectivity index (χ4v) is 3.38. The van der Waals surface area contributed by atoms with Crippen LogP contribution in [0, 0.1) is 0 Å². The standard InChI is InChI=1S/C17H27BrN2O/c1-4-20-9-5-6-16(20)12-19-11-14-10-15(18)7-8-17(14)21-13(2)3/h7-8,10,13,16,19H,4-6,9,11-12H2,1-3H3. The van der Waals surface area contributed by atoms with E-state index in [0.29, 0.717) is 6.04 Å². The van der Waals surface area contributed by atoms with Crippen molar-refractivity contribution in [3.05, 3.63) is 28.2 Å². The van der Waals surface area contributed by atoms with Crippen molar-refractivity contribution in [2.24, 2.45) is 0 Å². The summed E-state index contributed by atoms with van der Waals surface area (Å²) in [5, 5.41) is 3.61. The number of halogens is 1. The Labute approximate surface area is 137 Å². The highest BCUT2D eigenvalue weighted by atomic mass is 79.9. The Morgan fingerprint density at radius 1 is 1.43 bits per heavy atom. The van der Waals surface area contributed by atoms with Gasteiger partial charge in [0.2, 0.25) is 0 Å². The zero-order valence-corrected chi connectivity index (χ0v) is 14.9. The van der Waals surface area contributed by atoms with Gasteiger partial charge in [0.05, 0.1) is 6.10 Å². The van der Waals surface area contributed by atoms with E-state index in [9.17, 15) is 0 Å². The average Bonchev–Trinajstić information content (AvgIpc) is 2.89. The highest BCUT2D eigenvalue weighted by Gasteiger charge is 2.22. The van der Waals surface area contributed by atoms with Crippen molar-refractivity contribution in [1.29, 1.82) is 0 Å². The summed E-state index contributed by atoms with van der Waals surface area (Å²) in [5.74, 6) is 0.986. The van der Waals surface area contributed by atoms with Crippen LogP contribution in [0.2, 0.25) is 0 Å². The molecule has 2 rings (SSSR count). The van der Waals surface area contributed by atoms with Gasteiger partial charge in [-0.3, -0.25) is 4.90 Å². The molecule has 0 radical (unpaired) electrons. The highest BCUT2D eigenvalue weighted by molar-refractivity contribution is 9.10. The van der Waals surface area contributed by atoms with Crippen LogP contribution in [-0.4, -0.2) is 36.7 Å². The molecule has 0 saturated carbocycles. The van der Waals surface area contributed by atoms with E-state index in [4.69, 9.17) is 4.74 Å². The number of likely N-dealkylation sites (tertiary alicyclic amines) is 1. The Morgan fingerprint density at radius 2 is 2.24 bits per heavy atom. The van der Waals surface area contributed by atoms with E-state index in [0.717, 1.165) is 29.9 Å². The van der Waals surface area contributed by atoms with Gasteiger partial charge in [-0.25, -0.2) is 0 Å². The van der Waals surface area contributed by atoms with E-state index in [1.807, 2.05) is 6.07 Å². The van der Waals surface area contributed by atoms with E-state index in [1.165, 1.54) is 24.9 Å². The first kappa shape index (κ1) is 16.8. The van der Waals surface area contributed by atoms with Gasteiger partial charge in [-0.05, 0) is 58.0 Å². The van der Waals surface area contributed by atoms with Gasteiger partial charge >= 0.3 is 0 Å². The molecule has 3 nitrogen and oxygen atoms in total. The summed E-state index contributed by atoms with van der Waals surface area (Å²) >= 11 is 3.55. The molecule has 118 valence electrons. The summed E-state index contributed by atoms with van der Waals surface area (Å²) in [6.07, 6.45) is 2.85. The van der Waals surface area contributed by atoms with Gasteiger partial charge in [0, 0.05) is 29.2 Å². The molecule has 1 aromatic rings. The predicted molar refractivity (Wildman–Crippen MR) is 91.9 cm³/mol. The maximum Gasteiger partial charge on any atom is 0.124 e. The molecular weight excluding hydrogens is 328 g/mol. The Hall–Kier alpha value is -0.580. The van der Waals surface area contributed by atoms with Crippen molar-refractivity contribution < 1.29 is 4.74 Å². The molecule has 1 aliphatic heterocycles. The number of benzene rings is 1. The summed E-state index contributed by atoms with van der Waals surface area (Å²) < 4.78 is 7.00. The largest absolute Gasteiger partial charge is 0.491 e. The summed E-state index contributed by atoms with van der Waals surface area (Å²) in [4.78, 5) is 2.57. The maximum atomic E-state index is 5.89. The van der Waals surface area contributed by atoms with Gasteiger partial charge in [-0.1, -0.05) is 22.9 Å². The van der Waals surface area contributed by atoms with E-state index < -0.39 is 0 Å². The highest BCUT2D eigenvalue weighted by Crippen LogP contribution is 2.24. The molecule has 0 bridgehead atoms. The quantitative estimate of drug-likeness (QED) is 0.805. The molecule has 21 heavy (non-hydrogen) atoms. The van der Waals surface area contributed by atoms with Crippen molar-refractivity contribution in [2.45, 2.75) is 52.3 Å². The van der Waals surface area contributed by atoms with Crippen LogP contribution in [-0.2, 0) is 6.54 Å². The van der Waals surface area contributed by atoms with Gasteiger partial charge in [0.15, 0.2) is 0 Å². The van der Waals surface area contributed by atoms with Crippen LogP contribution >= 0.6 is 15.9 Å². The first-order chi connectivity index (χ1) is 10.1. The Morgan fingerprint density at radius 3 is 2.95 bits per heavy atom. The minimum Gasteiger partial charge on any atom is -0.491 e. The molecule has 0 aliphatic carbocycles. The summed E-state index contributed by atoms with van der Waals surface area (Å²) in [5.41, 5.74) is 1.22. The predicted octanol–water partition coefficient (Wildman–Crippen LogP) is 3.81. The molecule has 1 atom stereocenters. The molecule has 1 aliphatic rings. The second kappa shape index (κ2) is 8.16. The number of rotatable bonds is 7. The van der Waals surface area contributed by atoms with Crippen LogP contribution in [0.3, 0.4) is 0 Å². The number of hydrogen-bond donors (Lipinski definition) is 1. The molecule has 1 fully saturated rings. The summed E-state index contributed by atoms with van der Waals surface area (Å²) in [6.45, 7) is 10.7. The lowest BCUT2D eigenvalue weighted by molar-refractivity contribution is 0.238. The first-order valence-electron chi connectivity index (χ1n) is 8.00. The van der Waals surface area contributed by atoms with Crippen LogP contribution in [0.5, 0.6) is 5.75 Å². The van der Waals surface area contributed by atoms with Crippen molar-refractivity contribution in [2.75, 3.05) is 19.6 Å². The van der Waals surface area contributed by atoms with E-state index >= 15 is 0 Å². The van der Waals surface area contributed by atoms with E-state index in [2.05, 4.69) is 59.1 Å². The SMILES string of the molecule is CCN1CCCC1CNCc1cc(Br)ccc1OC(C)C. The first-order valence-corrected chi connectivity index (χ1v) is 8.79. The van der Waals surface area contributed by atoms with Crippen molar-refractivity contribution >= 4 is 15.9 Å². The number of hydrogen-bond acceptors (Lipinski definition) is 3. The van der Waals surface area contributed by atoms with Gasteiger partial charge in [-0.2, -0.15) is 0 Å². The number of likely N-dealkylation sites (N-methyl/N-ethyl adjacent to an activating group) is 1. The van der Waals surface area contributed by atoms with Crippen molar-refractivity contribution in [3.8, 4) is 5.75 Å². The molecule has 1 saturated heterocycles. The number of nitrogens with one attached hydrogen (secondary N) is 1. The molecule has 0 amide bonds. The van der Waals surface area contributed by atoms with Crippen LogP contribution in [0.4, 0.5) is 0 Å². The third-order valence-corrected chi connectivity index (χ3v) is 4.48.